The fourth-order valence-corrected chi connectivity index (χ4v) is 3.09. The van der Waals surface area contributed by atoms with Crippen LogP contribution in [0.3, 0.4) is 0 Å². The highest BCUT2D eigenvalue weighted by Crippen LogP contribution is 2.40. The summed E-state index contributed by atoms with van der Waals surface area (Å²) in [4.78, 5) is 4.26. The number of hydrogen-bond donors (Lipinski definition) is 1. The van der Waals surface area contributed by atoms with Gasteiger partial charge in [-0.2, -0.15) is 11.8 Å². The van der Waals surface area contributed by atoms with Crippen molar-refractivity contribution in [2.24, 2.45) is 7.05 Å². The second-order valence-electron chi connectivity index (χ2n) is 3.97. The molecule has 0 amide bonds. The predicted octanol–water partition coefficient (Wildman–Crippen LogP) is 1.52. The average Bonchev–Trinajstić information content (AvgIpc) is 2.58. The second-order valence-corrected chi connectivity index (χ2v) is 5.41. The predicted molar refractivity (Wildman–Crippen MR) is 58.3 cm³/mol. The minimum absolute atomic E-state index is 0.242. The van der Waals surface area contributed by atoms with Gasteiger partial charge in [0, 0.05) is 18.5 Å². The van der Waals surface area contributed by atoms with Crippen LogP contribution < -0.4 is 0 Å². The maximum Gasteiger partial charge on any atom is 0.120 e. The molecular weight excluding hydrogens is 196 g/mol. The first kappa shape index (κ1) is 10.1. The Morgan fingerprint density at radius 3 is 3.07 bits per heavy atom. The Balaban J connectivity index is 2.29. The summed E-state index contributed by atoms with van der Waals surface area (Å²) >= 11 is 1.83. The molecule has 2 rings (SSSR count). The molecule has 0 spiro atoms. The van der Waals surface area contributed by atoms with Crippen LogP contribution in [0.4, 0.5) is 0 Å². The molecule has 1 saturated heterocycles. The van der Waals surface area contributed by atoms with E-state index in [4.69, 9.17) is 0 Å². The molecule has 1 fully saturated rings. The van der Waals surface area contributed by atoms with E-state index in [0.29, 0.717) is 0 Å². The van der Waals surface area contributed by atoms with E-state index in [1.54, 1.807) is 6.33 Å². The normalized spacial score (nSPS) is 33.2. The van der Waals surface area contributed by atoms with Gasteiger partial charge in [-0.15, -0.1) is 0 Å². The maximum atomic E-state index is 10.5. The van der Waals surface area contributed by atoms with Crippen molar-refractivity contribution in [2.45, 2.75) is 30.6 Å². The fraction of sp³-hybridized carbons (Fsp3) is 0.700. The number of aliphatic hydroxyl groups is 1. The van der Waals surface area contributed by atoms with Crippen molar-refractivity contribution in [3.63, 3.8) is 0 Å². The van der Waals surface area contributed by atoms with Gasteiger partial charge >= 0.3 is 0 Å². The zero-order valence-corrected chi connectivity index (χ0v) is 9.42. The molecule has 78 valence electrons. The molecule has 1 aliphatic heterocycles. The summed E-state index contributed by atoms with van der Waals surface area (Å²) in [6.07, 6.45) is 5.57. The van der Waals surface area contributed by atoms with Crippen LogP contribution in [0.15, 0.2) is 12.5 Å². The van der Waals surface area contributed by atoms with Crippen LogP contribution >= 0.6 is 11.8 Å². The van der Waals surface area contributed by atoms with Crippen molar-refractivity contribution in [1.29, 1.82) is 0 Å². The molecule has 3 nitrogen and oxygen atoms in total. The zero-order chi connectivity index (χ0) is 10.2. The Hall–Kier alpha value is -0.480. The minimum Gasteiger partial charge on any atom is -0.382 e. The summed E-state index contributed by atoms with van der Waals surface area (Å²) in [5.74, 6) is 1.15. The Morgan fingerprint density at radius 2 is 2.50 bits per heavy atom. The lowest BCUT2D eigenvalue weighted by atomic mass is 9.91. The van der Waals surface area contributed by atoms with Crippen LogP contribution in [0, 0.1) is 0 Å². The first-order valence-corrected chi connectivity index (χ1v) is 6.00. The van der Waals surface area contributed by atoms with Crippen molar-refractivity contribution in [1.82, 2.24) is 9.55 Å². The first-order valence-electron chi connectivity index (χ1n) is 4.95. The molecule has 0 aromatic carbocycles. The number of nitrogens with zero attached hydrogens (tertiary/aromatic N) is 2. The molecule has 1 aliphatic rings. The fourth-order valence-electron chi connectivity index (χ4n) is 1.92. The highest BCUT2D eigenvalue weighted by atomic mass is 32.2. The minimum atomic E-state index is -0.718. The van der Waals surface area contributed by atoms with Gasteiger partial charge in [-0.3, -0.25) is 0 Å². The molecule has 2 heterocycles. The first-order chi connectivity index (χ1) is 6.63. The lowest BCUT2D eigenvalue weighted by Crippen LogP contribution is -2.39. The summed E-state index contributed by atoms with van der Waals surface area (Å²) in [5, 5.41) is 10.8. The molecule has 14 heavy (non-hydrogen) atoms. The van der Waals surface area contributed by atoms with E-state index in [1.807, 2.05) is 29.6 Å². The van der Waals surface area contributed by atoms with Crippen molar-refractivity contribution in [2.75, 3.05) is 5.75 Å². The van der Waals surface area contributed by atoms with Gasteiger partial charge < -0.3 is 9.67 Å². The van der Waals surface area contributed by atoms with Gasteiger partial charge in [0.25, 0.3) is 0 Å². The van der Waals surface area contributed by atoms with Gasteiger partial charge in [0.15, 0.2) is 0 Å². The number of thioether (sulfide) groups is 1. The van der Waals surface area contributed by atoms with E-state index in [0.717, 1.165) is 24.3 Å². The van der Waals surface area contributed by atoms with Crippen LogP contribution in [0.25, 0.3) is 0 Å². The summed E-state index contributed by atoms with van der Waals surface area (Å²) < 4.78 is 1.89. The van der Waals surface area contributed by atoms with Crippen LogP contribution in [0.5, 0.6) is 0 Å². The van der Waals surface area contributed by atoms with E-state index in [1.165, 1.54) is 0 Å². The van der Waals surface area contributed by atoms with Crippen LogP contribution in [-0.2, 0) is 12.6 Å². The standard InChI is InChI=1S/C10H16N2OS/c1-8-10(13,4-3-5-14-8)9-6-12(2)7-11-9/h6-8,13H,3-5H2,1-2H3. The van der Waals surface area contributed by atoms with Gasteiger partial charge in [-0.25, -0.2) is 4.98 Å². The smallest absolute Gasteiger partial charge is 0.120 e. The van der Waals surface area contributed by atoms with Crippen molar-refractivity contribution >= 4 is 11.8 Å². The Morgan fingerprint density at radius 1 is 1.71 bits per heavy atom. The summed E-state index contributed by atoms with van der Waals surface area (Å²) in [6.45, 7) is 2.08. The average molecular weight is 212 g/mol. The monoisotopic (exact) mass is 212 g/mol. The summed E-state index contributed by atoms with van der Waals surface area (Å²) in [5.41, 5.74) is 0.101. The third-order valence-electron chi connectivity index (χ3n) is 2.89. The Kier molecular flexibility index (Phi) is 2.58. The number of aryl methyl sites for hydroxylation is 1. The van der Waals surface area contributed by atoms with Crippen molar-refractivity contribution in [3.8, 4) is 0 Å². The van der Waals surface area contributed by atoms with Crippen LogP contribution in [-0.4, -0.2) is 25.7 Å². The lowest BCUT2D eigenvalue weighted by Gasteiger charge is -2.36. The second kappa shape index (κ2) is 3.59. The molecule has 0 radical (unpaired) electrons. The van der Waals surface area contributed by atoms with E-state index in [-0.39, 0.29) is 5.25 Å². The number of imidazole rings is 1. The zero-order valence-electron chi connectivity index (χ0n) is 8.60. The molecule has 1 N–H and O–H groups in total. The van der Waals surface area contributed by atoms with Crippen molar-refractivity contribution < 1.29 is 5.11 Å². The molecular formula is C10H16N2OS. The third kappa shape index (κ3) is 1.57. The largest absolute Gasteiger partial charge is 0.382 e. The SMILES string of the molecule is CC1SCCCC1(O)c1cn(C)cn1. The van der Waals surface area contributed by atoms with Gasteiger partial charge in [0.2, 0.25) is 0 Å². The summed E-state index contributed by atoms with van der Waals surface area (Å²) in [6, 6.07) is 0. The summed E-state index contributed by atoms with van der Waals surface area (Å²) in [7, 11) is 1.93. The number of hydrogen-bond acceptors (Lipinski definition) is 3. The quantitative estimate of drug-likeness (QED) is 0.767. The van der Waals surface area contributed by atoms with Gasteiger partial charge in [-0.1, -0.05) is 6.92 Å². The molecule has 0 saturated carbocycles. The number of aromatic nitrogens is 2. The van der Waals surface area contributed by atoms with E-state index < -0.39 is 5.60 Å². The molecule has 0 aliphatic carbocycles. The third-order valence-corrected chi connectivity index (χ3v) is 4.31. The number of rotatable bonds is 1. The van der Waals surface area contributed by atoms with E-state index in [9.17, 15) is 5.11 Å². The van der Waals surface area contributed by atoms with Crippen molar-refractivity contribution in [3.05, 3.63) is 18.2 Å². The van der Waals surface area contributed by atoms with Crippen LogP contribution in [0.1, 0.15) is 25.5 Å². The van der Waals surface area contributed by atoms with E-state index >= 15 is 0 Å². The molecule has 1 aromatic rings. The van der Waals surface area contributed by atoms with Crippen LogP contribution in [0.2, 0.25) is 0 Å². The molecule has 2 unspecified atom stereocenters. The van der Waals surface area contributed by atoms with Gasteiger partial charge in [-0.05, 0) is 18.6 Å². The molecule has 2 atom stereocenters. The van der Waals surface area contributed by atoms with Gasteiger partial charge in [0.1, 0.15) is 5.60 Å². The maximum absolute atomic E-state index is 10.5. The Labute approximate surface area is 88.5 Å². The molecule has 1 aromatic heterocycles. The highest BCUT2D eigenvalue weighted by Gasteiger charge is 2.39. The molecule has 4 heteroatoms. The topological polar surface area (TPSA) is 38.0 Å². The van der Waals surface area contributed by atoms with Gasteiger partial charge in [0.05, 0.1) is 12.0 Å². The highest BCUT2D eigenvalue weighted by molar-refractivity contribution is 8.00. The molecule has 0 bridgehead atoms. The van der Waals surface area contributed by atoms with E-state index in [2.05, 4.69) is 11.9 Å². The lowest BCUT2D eigenvalue weighted by molar-refractivity contribution is 0.0214. The Bertz CT molecular complexity index is 326.